The second-order valence-electron chi connectivity index (χ2n) is 31.6. The molecule has 1 rings (SSSR count). The molecule has 0 unspecified atom stereocenters. The summed E-state index contributed by atoms with van der Waals surface area (Å²) in [4.78, 5) is 0. The number of hydrogen-bond acceptors (Lipinski definition) is 33. The fourth-order valence-corrected chi connectivity index (χ4v) is 23.7. The molecule has 774 valence electrons. The number of nitrogens with one attached hydrogen (secondary N) is 3. The minimum absolute atomic E-state index is 0.196. The van der Waals surface area contributed by atoms with Crippen molar-refractivity contribution in [1.82, 2.24) is 15.3 Å². The molecule has 33 nitrogen and oxygen atoms in total. The van der Waals surface area contributed by atoms with Crippen molar-refractivity contribution < 1.29 is 127 Å². The lowest BCUT2D eigenvalue weighted by Crippen LogP contribution is -2.24. The van der Waals surface area contributed by atoms with Crippen molar-refractivity contribution in [3.8, 4) is 0 Å². The van der Waals surface area contributed by atoms with Crippen LogP contribution in [0.15, 0.2) is 13.5 Å². The van der Waals surface area contributed by atoms with Crippen LogP contribution in [0.1, 0.15) is 252 Å². The van der Waals surface area contributed by atoms with E-state index in [9.17, 15) is 0 Å². The van der Waals surface area contributed by atoms with Gasteiger partial charge in [-0.3, -0.25) is 0 Å². The lowest BCUT2D eigenvalue weighted by atomic mass is 10.1. The van der Waals surface area contributed by atoms with Crippen molar-refractivity contribution >= 4 is 22.7 Å². The maximum atomic E-state index is 7.23. The Balaban J connectivity index is 3.52. The largest absolute Gasteiger partial charge is 0.382 e. The van der Waals surface area contributed by atoms with Gasteiger partial charge in [0.05, 0.1) is 317 Å². The van der Waals surface area contributed by atoms with E-state index >= 15 is 0 Å². The molecule has 129 heavy (non-hydrogen) atoms. The highest BCUT2D eigenvalue weighted by Gasteiger charge is 2.40. The maximum absolute atomic E-state index is 7.23. The fourth-order valence-electron chi connectivity index (χ4n) is 13.0. The van der Waals surface area contributed by atoms with Crippen molar-refractivity contribution in [2.75, 3.05) is 358 Å². The minimum Gasteiger partial charge on any atom is -0.382 e. The van der Waals surface area contributed by atoms with Crippen molar-refractivity contribution in [1.29, 1.82) is 0 Å². The van der Waals surface area contributed by atoms with E-state index in [-0.39, 0.29) is 39.6 Å². The number of methoxy groups -OCH3 is 3. The van der Waals surface area contributed by atoms with Crippen LogP contribution in [-0.2, 0) is 127 Å². The molecule has 0 saturated carbocycles. The first-order valence-corrected chi connectivity index (χ1v) is 55.5. The molecule has 0 atom stereocenters. The highest BCUT2D eigenvalue weighted by molar-refractivity contribution is 7.81. The monoisotopic (exact) mass is 1920 g/mol. The zero-order valence-corrected chi connectivity index (χ0v) is 85.4. The molecule has 0 aromatic rings. The van der Waals surface area contributed by atoms with E-state index in [2.05, 4.69) is 36.0 Å². The van der Waals surface area contributed by atoms with Crippen molar-refractivity contribution in [3.05, 3.63) is 0 Å². The zero-order valence-electron chi connectivity index (χ0n) is 82.7. The normalized spacial score (nSPS) is 15.9. The Bertz CT molecular complexity index is 2090. The van der Waals surface area contributed by atoms with Crippen LogP contribution in [-0.4, -0.2) is 358 Å². The molecule has 0 aliphatic carbocycles. The summed E-state index contributed by atoms with van der Waals surface area (Å²) in [6.45, 7) is 30.0. The molecule has 36 heteroatoms. The Morgan fingerprint density at radius 1 is 0.140 bits per heavy atom. The molecule has 0 aromatic carbocycles. The van der Waals surface area contributed by atoms with Gasteiger partial charge in [-0.05, 0) is 19.3 Å². The van der Waals surface area contributed by atoms with Crippen molar-refractivity contribution in [2.45, 2.75) is 252 Å². The van der Waals surface area contributed by atoms with Crippen LogP contribution in [0.3, 0.4) is 0 Å². The molecule has 0 spiro atoms. The Morgan fingerprint density at radius 3 is 0.372 bits per heavy atom. The standard InChI is InChI=1S/C93H195N6O27P3/c1-7-10-13-16-19-22-25-28-31-34-37-40-43-94-127(124-91-88-121-85-82-118-79-76-115-73-70-112-67-64-109-61-58-106-55-52-103-49-46-100-4)97-128(95-44-41-38-35-32-29-26-23-20-17-14-11-8-2,125-92-89-122-86-83-119-80-77-116-74-71-113-68-65-110-62-59-107-56-53-104-50-47-101-5)99-129(98-127,96-45-42-39-36-33-30-27-24-21-18-15-12-9-3)126-93-90-123-87-84-120-81-78-117-75-72-114-69-66-111-63-60-108-57-54-105-51-48-102-6/h94-96H,7-93H2,1-6H3. The van der Waals surface area contributed by atoms with E-state index in [4.69, 9.17) is 141 Å². The average Bonchev–Trinajstić information content (AvgIpc) is 0.746. The van der Waals surface area contributed by atoms with Crippen LogP contribution < -0.4 is 15.3 Å². The van der Waals surface area contributed by atoms with Gasteiger partial charge >= 0.3 is 0 Å². The van der Waals surface area contributed by atoms with Gasteiger partial charge in [-0.25, -0.2) is 15.3 Å². The van der Waals surface area contributed by atoms with Gasteiger partial charge in [0.15, 0.2) is 0 Å². The first-order chi connectivity index (χ1) is 64.0. The molecule has 3 N–H and O–H groups in total. The summed E-state index contributed by atoms with van der Waals surface area (Å²) in [6, 6.07) is 0. The van der Waals surface area contributed by atoms with Crippen LogP contribution in [0.25, 0.3) is 0 Å². The first kappa shape index (κ1) is 126. The molecule has 0 saturated heterocycles. The van der Waals surface area contributed by atoms with E-state index in [1.54, 1.807) is 21.3 Å². The van der Waals surface area contributed by atoms with E-state index < -0.39 is 22.7 Å². The van der Waals surface area contributed by atoms with Gasteiger partial charge in [0.1, 0.15) is 0 Å². The molecule has 1 aliphatic heterocycles. The zero-order chi connectivity index (χ0) is 92.4. The third-order valence-electron chi connectivity index (χ3n) is 20.3. The fraction of sp³-hybridized carbons (Fsp3) is 1.00. The SMILES string of the molecule is CCCCCCCCCCCCCCNP1(OCCOCCOCCOCCOCCOCCOCCOCCOC)=NP(NCCCCCCCCCCCCCC)(OCCOCCOCCOCCOCCOCCOCCOCCOC)=NP(NCCCCCCCCCCCCCC)(OCCOCCOCCOCCOCCOCCOCCOCCOC)=N1. The second-order valence-corrected chi connectivity index (χ2v) is 38.8. The van der Waals surface area contributed by atoms with Gasteiger partial charge in [0, 0.05) is 41.0 Å². The third-order valence-corrected chi connectivity index (χ3v) is 29.6. The summed E-state index contributed by atoms with van der Waals surface area (Å²) in [7, 11) is -5.25. The first-order valence-electron chi connectivity index (χ1n) is 50.7. The predicted molar refractivity (Wildman–Crippen MR) is 516 cm³/mol. The quantitative estimate of drug-likeness (QED) is 0.0376. The van der Waals surface area contributed by atoms with Crippen molar-refractivity contribution in [2.24, 2.45) is 13.5 Å². The van der Waals surface area contributed by atoms with Gasteiger partial charge in [-0.15, -0.1) is 0 Å². The molecule has 0 amide bonds. The molecule has 1 aliphatic rings. The van der Waals surface area contributed by atoms with Crippen LogP contribution in [0, 0.1) is 0 Å². The summed E-state index contributed by atoms with van der Waals surface area (Å²) in [5.41, 5.74) is 0. The van der Waals surface area contributed by atoms with E-state index in [0.717, 1.165) is 57.8 Å². The minimum atomic E-state index is -3.40. The molecule has 0 radical (unpaired) electrons. The number of unbranched alkanes of at least 4 members (excludes halogenated alkanes) is 33. The van der Waals surface area contributed by atoms with E-state index in [1.807, 2.05) is 0 Å². The third kappa shape index (κ3) is 93.6. The number of rotatable bonds is 117. The molecular formula is C93H195N6O27P3. The maximum Gasteiger partial charge on any atom is 0.281 e. The van der Waals surface area contributed by atoms with Gasteiger partial charge < -0.3 is 127 Å². The number of ether oxygens (including phenoxy) is 24. The van der Waals surface area contributed by atoms with Crippen LogP contribution >= 0.6 is 22.7 Å². The topological polar surface area (TPSA) is 322 Å². The summed E-state index contributed by atoms with van der Waals surface area (Å²) in [6.07, 6.45) is 44.5. The lowest BCUT2D eigenvalue weighted by Gasteiger charge is -2.35. The predicted octanol–water partition coefficient (Wildman–Crippen LogP) is 18.0. The highest BCUT2D eigenvalue weighted by Crippen LogP contribution is 2.76. The Hall–Kier alpha value is -0.510. The van der Waals surface area contributed by atoms with E-state index in [1.165, 1.54) is 173 Å². The number of nitrogens with zero attached hydrogens (tertiary/aromatic N) is 3. The molecule has 0 bridgehead atoms. The molecular weight excluding hydrogens is 1730 g/mol. The van der Waals surface area contributed by atoms with Gasteiger partial charge in [-0.1, -0.05) is 233 Å². The Labute approximate surface area is 785 Å². The van der Waals surface area contributed by atoms with E-state index in [0.29, 0.717) is 297 Å². The smallest absolute Gasteiger partial charge is 0.281 e. The van der Waals surface area contributed by atoms with Crippen LogP contribution in [0.4, 0.5) is 0 Å². The van der Waals surface area contributed by atoms with Gasteiger partial charge in [0.25, 0.3) is 22.7 Å². The molecule has 0 aromatic heterocycles. The average molecular weight is 1920 g/mol. The Kier molecular flexibility index (Phi) is 106. The molecule has 1 heterocycles. The lowest BCUT2D eigenvalue weighted by molar-refractivity contribution is -0.0227. The second kappa shape index (κ2) is 108. The molecule has 0 fully saturated rings. The van der Waals surface area contributed by atoms with Gasteiger partial charge in [0.2, 0.25) is 0 Å². The van der Waals surface area contributed by atoms with Crippen LogP contribution in [0.2, 0.25) is 0 Å². The summed E-state index contributed by atoms with van der Waals surface area (Å²) >= 11 is 0. The highest BCUT2D eigenvalue weighted by atomic mass is 31.3. The summed E-state index contributed by atoms with van der Waals surface area (Å²) < 4.78 is 175. The Morgan fingerprint density at radius 2 is 0.248 bits per heavy atom. The van der Waals surface area contributed by atoms with Gasteiger partial charge in [-0.2, -0.15) is 13.5 Å². The summed E-state index contributed by atoms with van der Waals surface area (Å²) in [5, 5.41) is 11.7. The summed E-state index contributed by atoms with van der Waals surface area (Å²) in [5.74, 6) is 0. The number of hydrogen-bond donors (Lipinski definition) is 3. The van der Waals surface area contributed by atoms with Crippen LogP contribution in [0.5, 0.6) is 0 Å². The van der Waals surface area contributed by atoms with Crippen molar-refractivity contribution in [3.63, 3.8) is 0 Å².